The van der Waals surface area contributed by atoms with E-state index in [1.807, 2.05) is 0 Å². The van der Waals surface area contributed by atoms with Gasteiger partial charge in [-0.3, -0.25) is 9.59 Å². The minimum Gasteiger partial charge on any atom is -0.379 e. The molecular formula is C15H16BrF3N2O2. The van der Waals surface area contributed by atoms with Gasteiger partial charge in [-0.2, -0.15) is 13.2 Å². The third kappa shape index (κ3) is 6.43. The molecule has 0 fully saturated rings. The Kier molecular flexibility index (Phi) is 6.80. The second-order valence-electron chi connectivity index (χ2n) is 5.08. The van der Waals surface area contributed by atoms with E-state index in [4.69, 9.17) is 0 Å². The highest BCUT2D eigenvalue weighted by molar-refractivity contribution is 9.10. The normalized spacial score (nSPS) is 13.2. The number of allylic oxidation sites excluding steroid dienone is 1. The smallest absolute Gasteiger partial charge is 0.379 e. The van der Waals surface area contributed by atoms with E-state index in [0.717, 1.165) is 10.7 Å². The van der Waals surface area contributed by atoms with Crippen molar-refractivity contribution in [3.05, 3.63) is 41.0 Å². The molecule has 0 saturated heterocycles. The van der Waals surface area contributed by atoms with Gasteiger partial charge in [0.15, 0.2) is 0 Å². The largest absolute Gasteiger partial charge is 0.454 e. The molecule has 1 aromatic carbocycles. The van der Waals surface area contributed by atoms with Crippen molar-refractivity contribution < 1.29 is 22.8 Å². The predicted octanol–water partition coefficient (Wildman–Crippen LogP) is 3.65. The van der Waals surface area contributed by atoms with Crippen molar-refractivity contribution in [1.82, 2.24) is 5.32 Å². The number of halogens is 4. The molecular weight excluding hydrogens is 377 g/mol. The van der Waals surface area contributed by atoms with Crippen LogP contribution in [0.3, 0.4) is 0 Å². The summed E-state index contributed by atoms with van der Waals surface area (Å²) in [5, 5.41) is 5.19. The monoisotopic (exact) mass is 392 g/mol. The zero-order chi connectivity index (χ0) is 17.6. The average molecular weight is 393 g/mol. The molecule has 0 bridgehead atoms. The van der Waals surface area contributed by atoms with Crippen LogP contribution in [0.5, 0.6) is 0 Å². The zero-order valence-corrected chi connectivity index (χ0v) is 14.0. The minimum atomic E-state index is -4.93. The van der Waals surface area contributed by atoms with E-state index in [9.17, 15) is 22.8 Å². The lowest BCUT2D eigenvalue weighted by atomic mass is 10.0. The van der Waals surface area contributed by atoms with Gasteiger partial charge in [0.2, 0.25) is 5.91 Å². The van der Waals surface area contributed by atoms with Crippen LogP contribution in [0.25, 0.3) is 0 Å². The number of alkyl halides is 3. The first-order valence-corrected chi connectivity index (χ1v) is 7.50. The number of rotatable bonds is 6. The lowest BCUT2D eigenvalue weighted by Crippen LogP contribution is -2.42. The number of benzene rings is 1. The van der Waals surface area contributed by atoms with Crippen LogP contribution in [-0.2, 0) is 9.59 Å². The number of ketones is 1. The molecule has 1 rings (SSSR count). The Morgan fingerprint density at radius 3 is 2.43 bits per heavy atom. The molecule has 4 nitrogen and oxygen atoms in total. The first-order chi connectivity index (χ1) is 10.6. The lowest BCUT2D eigenvalue weighted by Gasteiger charge is -2.20. The Morgan fingerprint density at radius 1 is 1.26 bits per heavy atom. The Balaban J connectivity index is 2.73. The van der Waals surface area contributed by atoms with Gasteiger partial charge < -0.3 is 10.6 Å². The molecule has 23 heavy (non-hydrogen) atoms. The first kappa shape index (κ1) is 19.2. The molecule has 8 heteroatoms. The van der Waals surface area contributed by atoms with Crippen LogP contribution < -0.4 is 10.6 Å². The van der Waals surface area contributed by atoms with Crippen molar-refractivity contribution in [2.24, 2.45) is 5.92 Å². The van der Waals surface area contributed by atoms with E-state index in [2.05, 4.69) is 26.6 Å². The topological polar surface area (TPSA) is 58.2 Å². The third-order valence-electron chi connectivity index (χ3n) is 2.83. The summed E-state index contributed by atoms with van der Waals surface area (Å²) in [5.41, 5.74) is 0.548. The summed E-state index contributed by atoms with van der Waals surface area (Å²) in [6.45, 7) is 3.47. The zero-order valence-electron chi connectivity index (χ0n) is 12.4. The van der Waals surface area contributed by atoms with Crippen LogP contribution in [0.2, 0.25) is 0 Å². The Bertz CT molecular complexity index is 601. The van der Waals surface area contributed by atoms with E-state index in [1.165, 1.54) is 0 Å². The highest BCUT2D eigenvalue weighted by Gasteiger charge is 2.36. The maximum absolute atomic E-state index is 12.2. The molecule has 0 aliphatic rings. The molecule has 1 unspecified atom stereocenters. The fraction of sp³-hybridized carbons (Fsp3) is 0.333. The predicted molar refractivity (Wildman–Crippen MR) is 84.7 cm³/mol. The molecule has 0 heterocycles. The van der Waals surface area contributed by atoms with E-state index < -0.39 is 23.9 Å². The summed E-state index contributed by atoms with van der Waals surface area (Å²) < 4.78 is 37.1. The molecule has 1 aromatic rings. The number of carbonyl (C=O) groups is 2. The summed E-state index contributed by atoms with van der Waals surface area (Å²) in [6, 6.07) is 6.12. The van der Waals surface area contributed by atoms with Gasteiger partial charge in [-0.15, -0.1) is 0 Å². The number of hydrogen-bond acceptors (Lipinski definition) is 3. The van der Waals surface area contributed by atoms with Crippen LogP contribution in [0.15, 0.2) is 41.0 Å². The average Bonchev–Trinajstić information content (AvgIpc) is 2.41. The van der Waals surface area contributed by atoms with E-state index in [1.54, 1.807) is 38.1 Å². The highest BCUT2D eigenvalue weighted by Crippen LogP contribution is 2.17. The van der Waals surface area contributed by atoms with Crippen LogP contribution in [0, 0.1) is 5.92 Å². The molecule has 1 atom stereocenters. The van der Waals surface area contributed by atoms with E-state index in [-0.39, 0.29) is 5.92 Å². The van der Waals surface area contributed by atoms with Gasteiger partial charge in [-0.25, -0.2) is 0 Å². The van der Waals surface area contributed by atoms with Crippen molar-refractivity contribution in [3.63, 3.8) is 0 Å². The summed E-state index contributed by atoms with van der Waals surface area (Å²) in [4.78, 5) is 23.0. The number of hydrogen-bond donors (Lipinski definition) is 2. The fourth-order valence-corrected chi connectivity index (χ4v) is 2.08. The molecule has 0 aromatic heterocycles. The van der Waals surface area contributed by atoms with Crippen molar-refractivity contribution in [2.75, 3.05) is 5.32 Å². The molecule has 2 N–H and O–H groups in total. The van der Waals surface area contributed by atoms with Gasteiger partial charge in [-0.05, 0) is 24.1 Å². The Hall–Kier alpha value is -1.83. The first-order valence-electron chi connectivity index (χ1n) is 6.71. The molecule has 0 aliphatic carbocycles. The standard InChI is InChI=1S/C15H16BrF3N2O2/c1-9(2)13(20-7-6-12(22)15(17,18)19)14(23)21-11-5-3-4-10(16)8-11/h3-9,13,20H,1-2H3,(H,21,23). The van der Waals surface area contributed by atoms with Gasteiger partial charge >= 0.3 is 6.18 Å². The van der Waals surface area contributed by atoms with Gasteiger partial charge in [0.05, 0.1) is 0 Å². The molecule has 126 valence electrons. The second kappa shape index (κ2) is 8.14. The van der Waals surface area contributed by atoms with Crippen molar-refractivity contribution in [3.8, 4) is 0 Å². The third-order valence-corrected chi connectivity index (χ3v) is 3.32. The summed E-state index contributed by atoms with van der Waals surface area (Å²) in [6.07, 6.45) is -3.72. The summed E-state index contributed by atoms with van der Waals surface area (Å²) >= 11 is 3.27. The van der Waals surface area contributed by atoms with Crippen LogP contribution in [0.4, 0.5) is 18.9 Å². The second-order valence-corrected chi connectivity index (χ2v) is 6.00. The Labute approximate surface area is 140 Å². The summed E-state index contributed by atoms with van der Waals surface area (Å²) in [7, 11) is 0. The number of carbonyl (C=O) groups excluding carboxylic acids is 2. The van der Waals surface area contributed by atoms with Crippen molar-refractivity contribution >= 4 is 33.3 Å². The van der Waals surface area contributed by atoms with Crippen molar-refractivity contribution in [1.29, 1.82) is 0 Å². The Morgan fingerprint density at radius 2 is 1.91 bits per heavy atom. The van der Waals surface area contributed by atoms with Gasteiger partial charge in [-0.1, -0.05) is 35.8 Å². The summed E-state index contributed by atoms with van der Waals surface area (Å²) in [5.74, 6) is -2.60. The number of nitrogens with one attached hydrogen (secondary N) is 2. The van der Waals surface area contributed by atoms with Gasteiger partial charge in [0.1, 0.15) is 6.04 Å². The molecule has 0 radical (unpaired) electrons. The van der Waals surface area contributed by atoms with E-state index >= 15 is 0 Å². The van der Waals surface area contributed by atoms with Crippen LogP contribution in [-0.4, -0.2) is 23.9 Å². The molecule has 0 saturated carbocycles. The minimum absolute atomic E-state index is 0.201. The van der Waals surface area contributed by atoms with Crippen molar-refractivity contribution in [2.45, 2.75) is 26.1 Å². The van der Waals surface area contributed by atoms with Gasteiger partial charge in [0.25, 0.3) is 5.78 Å². The van der Waals surface area contributed by atoms with Crippen LogP contribution in [0.1, 0.15) is 13.8 Å². The van der Waals surface area contributed by atoms with E-state index in [0.29, 0.717) is 11.8 Å². The molecule has 0 spiro atoms. The van der Waals surface area contributed by atoms with Gasteiger partial charge in [0, 0.05) is 22.4 Å². The van der Waals surface area contributed by atoms with Crippen LogP contribution >= 0.6 is 15.9 Å². The molecule has 1 amide bonds. The number of anilines is 1. The SMILES string of the molecule is CC(C)C(NC=CC(=O)C(F)(F)F)C(=O)Nc1cccc(Br)c1. The number of amides is 1. The maximum Gasteiger partial charge on any atom is 0.454 e. The highest BCUT2D eigenvalue weighted by atomic mass is 79.9. The fourth-order valence-electron chi connectivity index (χ4n) is 1.68. The molecule has 0 aliphatic heterocycles. The maximum atomic E-state index is 12.2. The lowest BCUT2D eigenvalue weighted by molar-refractivity contribution is -0.165. The quantitative estimate of drug-likeness (QED) is 0.726.